The van der Waals surface area contributed by atoms with Crippen LogP contribution in [0.1, 0.15) is 24.8 Å². The van der Waals surface area contributed by atoms with Gasteiger partial charge in [0.25, 0.3) is 5.60 Å². The number of benzene rings is 1. The van der Waals surface area contributed by atoms with Gasteiger partial charge in [0, 0.05) is 30.5 Å². The lowest BCUT2D eigenvalue weighted by Crippen LogP contribution is -2.53. The van der Waals surface area contributed by atoms with Crippen LogP contribution in [0, 0.1) is 0 Å². The molecule has 1 saturated heterocycles. The molecule has 1 aromatic carbocycles. The zero-order valence-electron chi connectivity index (χ0n) is 16.5. The first kappa shape index (κ1) is 21.6. The van der Waals surface area contributed by atoms with E-state index in [4.69, 9.17) is 23.4 Å². The van der Waals surface area contributed by atoms with E-state index in [9.17, 15) is 24.6 Å². The molecule has 1 fully saturated rings. The van der Waals surface area contributed by atoms with Crippen molar-refractivity contribution in [3.8, 4) is 11.5 Å². The molecular weight excluding hydrogens is 400 g/mol. The van der Waals surface area contributed by atoms with Crippen molar-refractivity contribution in [1.82, 2.24) is 0 Å². The minimum absolute atomic E-state index is 0.0914. The number of fused-ring (bicyclic) bond motifs is 1. The fourth-order valence-corrected chi connectivity index (χ4v) is 3.38. The van der Waals surface area contributed by atoms with Crippen LogP contribution in [0.2, 0.25) is 0 Å². The van der Waals surface area contributed by atoms with Crippen LogP contribution in [0.5, 0.6) is 11.5 Å². The summed E-state index contributed by atoms with van der Waals surface area (Å²) >= 11 is 0. The second kappa shape index (κ2) is 8.72. The number of methoxy groups -OCH3 is 2. The third kappa shape index (κ3) is 4.10. The normalized spacial score (nSPS) is 16.9. The van der Waals surface area contributed by atoms with E-state index < -0.39 is 35.9 Å². The van der Waals surface area contributed by atoms with Gasteiger partial charge in [-0.15, -0.1) is 0 Å². The summed E-state index contributed by atoms with van der Waals surface area (Å²) in [5.74, 6) is -2.81. The Morgan fingerprint density at radius 1 is 1.10 bits per heavy atom. The van der Waals surface area contributed by atoms with Gasteiger partial charge in [0.2, 0.25) is 0 Å². The highest BCUT2D eigenvalue weighted by Crippen LogP contribution is 2.35. The first-order valence-electron chi connectivity index (χ1n) is 9.25. The maximum atomic E-state index is 12.1. The standard InChI is InChI=1S/C20H22O10/c1-26-14-8-12-11(7-16(21)29-13(12)9-15(14)27-2)10-20(18(22)23,19(24)25)30-17-5-3-4-6-28-17/h7-9,17H,3-6,10H2,1-2H3,(H,22,23)(H,24,25). The fraction of sp³-hybridized carbons (Fsp3) is 0.450. The van der Waals surface area contributed by atoms with E-state index >= 15 is 0 Å². The first-order valence-corrected chi connectivity index (χ1v) is 9.25. The van der Waals surface area contributed by atoms with Gasteiger partial charge in [-0.2, -0.15) is 0 Å². The van der Waals surface area contributed by atoms with Crippen molar-refractivity contribution in [2.75, 3.05) is 20.8 Å². The molecule has 3 rings (SSSR count). The van der Waals surface area contributed by atoms with Crippen LogP contribution in [-0.4, -0.2) is 54.9 Å². The molecule has 0 bridgehead atoms. The van der Waals surface area contributed by atoms with Crippen molar-refractivity contribution in [2.45, 2.75) is 37.6 Å². The molecule has 0 spiro atoms. The molecule has 2 N–H and O–H groups in total. The number of ether oxygens (including phenoxy) is 4. The molecule has 2 heterocycles. The number of rotatable bonds is 8. The van der Waals surface area contributed by atoms with Crippen molar-refractivity contribution < 1.29 is 43.2 Å². The number of carboxylic acids is 2. The molecule has 1 unspecified atom stereocenters. The highest BCUT2D eigenvalue weighted by molar-refractivity contribution is 6.02. The van der Waals surface area contributed by atoms with Crippen LogP contribution < -0.4 is 15.1 Å². The molecular formula is C20H22O10. The molecule has 2 aromatic rings. The number of carbonyl (C=O) groups is 2. The molecule has 10 heteroatoms. The molecule has 162 valence electrons. The van der Waals surface area contributed by atoms with Gasteiger partial charge in [-0.3, -0.25) is 0 Å². The Hall–Kier alpha value is -3.11. The highest BCUT2D eigenvalue weighted by atomic mass is 16.7. The van der Waals surface area contributed by atoms with Gasteiger partial charge in [0.05, 0.1) is 14.2 Å². The van der Waals surface area contributed by atoms with E-state index in [-0.39, 0.29) is 11.1 Å². The van der Waals surface area contributed by atoms with Crippen molar-refractivity contribution in [3.05, 3.63) is 34.2 Å². The summed E-state index contributed by atoms with van der Waals surface area (Å²) < 4.78 is 26.5. The first-order chi connectivity index (χ1) is 14.3. The summed E-state index contributed by atoms with van der Waals surface area (Å²) in [7, 11) is 2.81. The van der Waals surface area contributed by atoms with Crippen LogP contribution in [0.15, 0.2) is 27.4 Å². The molecule has 0 aliphatic carbocycles. The van der Waals surface area contributed by atoms with Gasteiger partial charge in [0.15, 0.2) is 17.8 Å². The smallest absolute Gasteiger partial charge is 0.348 e. The third-order valence-electron chi connectivity index (χ3n) is 4.94. The Morgan fingerprint density at radius 3 is 2.33 bits per heavy atom. The zero-order chi connectivity index (χ0) is 21.9. The SMILES string of the molecule is COc1cc2oc(=O)cc(CC(OC3CCCCO3)(C(=O)O)C(=O)O)c2cc1OC. The van der Waals surface area contributed by atoms with Gasteiger partial charge in [-0.25, -0.2) is 14.4 Å². The molecule has 30 heavy (non-hydrogen) atoms. The quantitative estimate of drug-likeness (QED) is 0.478. The van der Waals surface area contributed by atoms with E-state index in [0.29, 0.717) is 29.9 Å². The minimum Gasteiger partial charge on any atom is -0.493 e. The predicted molar refractivity (Wildman–Crippen MR) is 102 cm³/mol. The molecule has 0 saturated carbocycles. The number of carboxylic acid groups (broad SMARTS) is 2. The Bertz CT molecular complexity index is 989. The molecule has 10 nitrogen and oxygen atoms in total. The van der Waals surface area contributed by atoms with Gasteiger partial charge in [-0.05, 0) is 30.9 Å². The molecule has 0 amide bonds. The van der Waals surface area contributed by atoms with E-state index in [2.05, 4.69) is 0 Å². The van der Waals surface area contributed by atoms with E-state index in [1.807, 2.05) is 0 Å². The van der Waals surface area contributed by atoms with Crippen LogP contribution >= 0.6 is 0 Å². The lowest BCUT2D eigenvalue weighted by Gasteiger charge is -2.32. The van der Waals surface area contributed by atoms with Crippen molar-refractivity contribution in [2.24, 2.45) is 0 Å². The summed E-state index contributed by atoms with van der Waals surface area (Å²) in [5, 5.41) is 19.9. The summed E-state index contributed by atoms with van der Waals surface area (Å²) in [6.07, 6.45) is 0.250. The van der Waals surface area contributed by atoms with Crippen LogP contribution in [0.4, 0.5) is 0 Å². The molecule has 0 radical (unpaired) electrons. The van der Waals surface area contributed by atoms with E-state index in [1.54, 1.807) is 0 Å². The highest BCUT2D eigenvalue weighted by Gasteiger charge is 2.51. The third-order valence-corrected chi connectivity index (χ3v) is 4.94. The Balaban J connectivity index is 2.12. The summed E-state index contributed by atoms with van der Waals surface area (Å²) in [6, 6.07) is 3.94. The van der Waals surface area contributed by atoms with Gasteiger partial charge in [-0.1, -0.05) is 0 Å². The lowest BCUT2D eigenvalue weighted by molar-refractivity contribution is -0.236. The van der Waals surface area contributed by atoms with Gasteiger partial charge >= 0.3 is 17.6 Å². The van der Waals surface area contributed by atoms with Gasteiger partial charge < -0.3 is 33.6 Å². The van der Waals surface area contributed by atoms with E-state index in [0.717, 1.165) is 18.9 Å². The lowest BCUT2D eigenvalue weighted by atomic mass is 9.92. The molecule has 1 aliphatic rings. The van der Waals surface area contributed by atoms with Crippen LogP contribution in [0.3, 0.4) is 0 Å². The second-order valence-corrected chi connectivity index (χ2v) is 6.82. The maximum Gasteiger partial charge on any atom is 0.348 e. The minimum atomic E-state index is -2.66. The average molecular weight is 422 g/mol. The number of aliphatic carboxylic acids is 2. The van der Waals surface area contributed by atoms with Crippen molar-refractivity contribution in [3.63, 3.8) is 0 Å². The summed E-state index contributed by atoms with van der Waals surface area (Å²) in [5.41, 5.74) is -3.23. The van der Waals surface area contributed by atoms with Crippen LogP contribution in [0.25, 0.3) is 11.0 Å². The fourth-order valence-electron chi connectivity index (χ4n) is 3.38. The second-order valence-electron chi connectivity index (χ2n) is 6.82. The topological polar surface area (TPSA) is 142 Å². The Morgan fingerprint density at radius 2 is 1.77 bits per heavy atom. The number of hydrogen-bond acceptors (Lipinski definition) is 8. The monoisotopic (exact) mass is 422 g/mol. The maximum absolute atomic E-state index is 12.1. The summed E-state index contributed by atoms with van der Waals surface area (Å²) in [4.78, 5) is 36.2. The molecule has 1 atom stereocenters. The summed E-state index contributed by atoms with van der Waals surface area (Å²) in [6.45, 7) is 0.342. The average Bonchev–Trinajstić information content (AvgIpc) is 2.72. The zero-order valence-corrected chi connectivity index (χ0v) is 16.5. The van der Waals surface area contributed by atoms with Gasteiger partial charge in [0.1, 0.15) is 5.58 Å². The van der Waals surface area contributed by atoms with Crippen LogP contribution in [-0.2, 0) is 25.5 Å². The molecule has 1 aliphatic heterocycles. The predicted octanol–water partition coefficient (Wildman–Crippen LogP) is 1.80. The molecule has 1 aromatic heterocycles. The van der Waals surface area contributed by atoms with Crippen molar-refractivity contribution >= 4 is 22.9 Å². The van der Waals surface area contributed by atoms with Crippen molar-refractivity contribution in [1.29, 1.82) is 0 Å². The largest absolute Gasteiger partial charge is 0.493 e. The Labute approximate surface area is 170 Å². The van der Waals surface area contributed by atoms with E-state index in [1.165, 1.54) is 26.4 Å². The number of hydrogen-bond donors (Lipinski definition) is 2. The Kier molecular flexibility index (Phi) is 6.28.